The van der Waals surface area contributed by atoms with Crippen LogP contribution < -0.4 is 0 Å². The molecule has 3 aromatic heterocycles. The molecule has 0 aliphatic rings. The Balaban J connectivity index is 1.06. The third-order valence-corrected chi connectivity index (χ3v) is 11.7. The highest BCUT2D eigenvalue weighted by molar-refractivity contribution is 6.19. The molecule has 4 nitrogen and oxygen atoms in total. The summed E-state index contributed by atoms with van der Waals surface area (Å²) in [5, 5.41) is 9.60. The van der Waals surface area contributed by atoms with Gasteiger partial charge in [0.15, 0.2) is 5.82 Å². The van der Waals surface area contributed by atoms with Crippen LogP contribution in [0.3, 0.4) is 0 Å². The summed E-state index contributed by atoms with van der Waals surface area (Å²) in [5.74, 6) is 0.704. The first-order valence-corrected chi connectivity index (χ1v) is 19.7. The van der Waals surface area contributed by atoms with Gasteiger partial charge in [0.2, 0.25) is 0 Å². The predicted molar refractivity (Wildman–Crippen MR) is 242 cm³/mol. The molecule has 0 bridgehead atoms. The lowest BCUT2D eigenvalue weighted by Crippen LogP contribution is -1.98. The van der Waals surface area contributed by atoms with Gasteiger partial charge in [-0.2, -0.15) is 0 Å². The van der Waals surface area contributed by atoms with Crippen molar-refractivity contribution in [3.8, 4) is 45.3 Å². The number of benzene rings is 9. The summed E-state index contributed by atoms with van der Waals surface area (Å²) >= 11 is 0. The van der Waals surface area contributed by atoms with Crippen LogP contribution in [-0.2, 0) is 0 Å². The second-order valence-electron chi connectivity index (χ2n) is 15.0. The van der Waals surface area contributed by atoms with Crippen LogP contribution in [-0.4, -0.2) is 19.1 Å². The molecule has 0 aliphatic carbocycles. The zero-order chi connectivity index (χ0) is 38.2. The highest BCUT2D eigenvalue weighted by atomic mass is 15.0. The standard InChI is InChI=1S/C54H34N4/c1-3-15-36(16-4-1)48-33-49(39-27-26-35-14-7-8-17-37(35)30-39)56-54(55-48)45-23-13-18-38-31-41(28-29-42(38)45)58-51-25-12-10-22-44(51)47-32-46-43-21-9-11-24-50(43)57(52(46)34-53(47)58)40-19-5-2-6-20-40/h1-34H. The molecule has 58 heavy (non-hydrogen) atoms. The molecule has 0 unspecified atom stereocenters. The third-order valence-electron chi connectivity index (χ3n) is 11.7. The summed E-state index contributed by atoms with van der Waals surface area (Å²) < 4.78 is 4.82. The van der Waals surface area contributed by atoms with Gasteiger partial charge in [-0.25, -0.2) is 9.97 Å². The van der Waals surface area contributed by atoms with E-state index in [1.54, 1.807) is 0 Å². The number of nitrogens with zero attached hydrogens (tertiary/aromatic N) is 4. The molecule has 0 saturated heterocycles. The van der Waals surface area contributed by atoms with Crippen molar-refractivity contribution in [3.63, 3.8) is 0 Å². The molecule has 12 aromatic rings. The highest BCUT2D eigenvalue weighted by Crippen LogP contribution is 2.40. The van der Waals surface area contributed by atoms with Crippen LogP contribution in [0.4, 0.5) is 0 Å². The Labute approximate surface area is 334 Å². The fourth-order valence-electron chi connectivity index (χ4n) is 8.99. The van der Waals surface area contributed by atoms with Crippen molar-refractivity contribution in [1.82, 2.24) is 19.1 Å². The SMILES string of the molecule is c1ccc(-c2cc(-c3ccc4ccccc4c3)nc(-c3cccc4cc(-n5c6ccccc6c6cc7c8ccccc8n(-c8ccccc8)c7cc65)ccc34)n2)cc1. The first-order chi connectivity index (χ1) is 28.7. The van der Waals surface area contributed by atoms with Gasteiger partial charge in [0, 0.05) is 49.6 Å². The second kappa shape index (κ2) is 12.9. The Morgan fingerprint density at radius 2 is 0.897 bits per heavy atom. The fourth-order valence-corrected chi connectivity index (χ4v) is 8.99. The Morgan fingerprint density at radius 3 is 1.64 bits per heavy atom. The Kier molecular flexibility index (Phi) is 7.20. The molecule has 0 spiro atoms. The van der Waals surface area contributed by atoms with E-state index in [4.69, 9.17) is 9.97 Å². The first-order valence-electron chi connectivity index (χ1n) is 19.7. The Hall–Kier alpha value is -7.82. The van der Waals surface area contributed by atoms with Crippen LogP contribution in [0.1, 0.15) is 0 Å². The van der Waals surface area contributed by atoms with Crippen molar-refractivity contribution < 1.29 is 0 Å². The van der Waals surface area contributed by atoms with Crippen molar-refractivity contribution in [1.29, 1.82) is 0 Å². The number of rotatable bonds is 5. The molecule has 0 fully saturated rings. The van der Waals surface area contributed by atoms with E-state index >= 15 is 0 Å². The third kappa shape index (κ3) is 5.09. The largest absolute Gasteiger partial charge is 0.309 e. The molecule has 9 aromatic carbocycles. The zero-order valence-electron chi connectivity index (χ0n) is 31.4. The van der Waals surface area contributed by atoms with Crippen LogP contribution in [0.25, 0.3) is 110 Å². The zero-order valence-corrected chi connectivity index (χ0v) is 31.4. The average Bonchev–Trinajstić information content (AvgIpc) is 3.80. The summed E-state index contributed by atoms with van der Waals surface area (Å²) in [6.45, 7) is 0. The minimum absolute atomic E-state index is 0.704. The molecule has 270 valence electrons. The van der Waals surface area contributed by atoms with Crippen LogP contribution in [0, 0.1) is 0 Å². The molecule has 0 amide bonds. The van der Waals surface area contributed by atoms with Crippen LogP contribution in [0.5, 0.6) is 0 Å². The quantitative estimate of drug-likeness (QED) is 0.176. The van der Waals surface area contributed by atoms with Gasteiger partial charge in [-0.15, -0.1) is 0 Å². The van der Waals surface area contributed by atoms with E-state index in [9.17, 15) is 0 Å². The Morgan fingerprint density at radius 1 is 0.293 bits per heavy atom. The summed E-state index contributed by atoms with van der Waals surface area (Å²) in [7, 11) is 0. The van der Waals surface area contributed by atoms with Crippen molar-refractivity contribution in [3.05, 3.63) is 206 Å². The predicted octanol–water partition coefficient (Wildman–Crippen LogP) is 14.0. The number of hydrogen-bond acceptors (Lipinski definition) is 2. The fraction of sp³-hybridized carbons (Fsp3) is 0. The van der Waals surface area contributed by atoms with Gasteiger partial charge in [-0.1, -0.05) is 146 Å². The van der Waals surface area contributed by atoms with Gasteiger partial charge in [0.25, 0.3) is 0 Å². The maximum atomic E-state index is 5.27. The van der Waals surface area contributed by atoms with Gasteiger partial charge in [0.05, 0.1) is 33.5 Å². The number of fused-ring (bicyclic) bond motifs is 8. The van der Waals surface area contributed by atoms with E-state index in [-0.39, 0.29) is 0 Å². The highest BCUT2D eigenvalue weighted by Gasteiger charge is 2.19. The topological polar surface area (TPSA) is 35.6 Å². The van der Waals surface area contributed by atoms with Crippen LogP contribution >= 0.6 is 0 Å². The lowest BCUT2D eigenvalue weighted by molar-refractivity contribution is 1.17. The number of para-hydroxylation sites is 3. The minimum atomic E-state index is 0.704. The average molecular weight is 739 g/mol. The molecule has 0 N–H and O–H groups in total. The molecule has 3 heterocycles. The summed E-state index contributed by atoms with van der Waals surface area (Å²) in [6, 6.07) is 73.8. The van der Waals surface area contributed by atoms with Crippen molar-refractivity contribution in [2.45, 2.75) is 0 Å². The molecular weight excluding hydrogens is 705 g/mol. The van der Waals surface area contributed by atoms with E-state index in [0.29, 0.717) is 5.82 Å². The van der Waals surface area contributed by atoms with E-state index in [2.05, 4.69) is 209 Å². The van der Waals surface area contributed by atoms with Gasteiger partial charge in [-0.3, -0.25) is 0 Å². The maximum absolute atomic E-state index is 5.27. The van der Waals surface area contributed by atoms with Gasteiger partial charge in [-0.05, 0) is 82.2 Å². The summed E-state index contributed by atoms with van der Waals surface area (Å²) in [5.41, 5.74) is 11.9. The van der Waals surface area contributed by atoms with E-state index < -0.39 is 0 Å². The molecule has 4 heteroatoms. The molecule has 0 saturated carbocycles. The van der Waals surface area contributed by atoms with Gasteiger partial charge in [0.1, 0.15) is 0 Å². The Bertz CT molecular complexity index is 3560. The molecular formula is C54H34N4. The van der Waals surface area contributed by atoms with Crippen LogP contribution in [0.2, 0.25) is 0 Å². The molecule has 0 radical (unpaired) electrons. The van der Waals surface area contributed by atoms with E-state index in [0.717, 1.165) is 50.2 Å². The van der Waals surface area contributed by atoms with E-state index in [1.807, 2.05) is 6.07 Å². The van der Waals surface area contributed by atoms with Gasteiger partial charge < -0.3 is 9.13 Å². The maximum Gasteiger partial charge on any atom is 0.161 e. The lowest BCUT2D eigenvalue weighted by Gasteiger charge is -2.13. The smallest absolute Gasteiger partial charge is 0.161 e. The van der Waals surface area contributed by atoms with Crippen molar-refractivity contribution in [2.75, 3.05) is 0 Å². The van der Waals surface area contributed by atoms with Crippen LogP contribution in [0.15, 0.2) is 206 Å². The van der Waals surface area contributed by atoms with E-state index in [1.165, 1.54) is 54.4 Å². The monoisotopic (exact) mass is 738 g/mol. The van der Waals surface area contributed by atoms with Crippen molar-refractivity contribution in [2.24, 2.45) is 0 Å². The first kappa shape index (κ1) is 32.4. The number of hydrogen-bond donors (Lipinski definition) is 0. The molecule has 12 rings (SSSR count). The number of aromatic nitrogens is 4. The van der Waals surface area contributed by atoms with Gasteiger partial charge >= 0.3 is 0 Å². The normalized spacial score (nSPS) is 11.8. The second-order valence-corrected chi connectivity index (χ2v) is 15.0. The summed E-state index contributed by atoms with van der Waals surface area (Å²) in [6.07, 6.45) is 0. The molecule has 0 aliphatic heterocycles. The minimum Gasteiger partial charge on any atom is -0.309 e. The van der Waals surface area contributed by atoms with Crippen molar-refractivity contribution >= 4 is 65.2 Å². The molecule has 0 atom stereocenters. The summed E-state index contributed by atoms with van der Waals surface area (Å²) in [4.78, 5) is 10.5. The lowest BCUT2D eigenvalue weighted by atomic mass is 10.0.